The van der Waals surface area contributed by atoms with E-state index in [9.17, 15) is 0 Å². The number of rotatable bonds is 7. The lowest BCUT2D eigenvalue weighted by Gasteiger charge is -2.12. The topological polar surface area (TPSA) is 69.4 Å². The third-order valence-corrected chi connectivity index (χ3v) is 3.69. The summed E-state index contributed by atoms with van der Waals surface area (Å²) in [6.07, 6.45) is 0.700. The van der Waals surface area contributed by atoms with Crippen molar-refractivity contribution >= 4 is 15.9 Å². The molecule has 0 spiro atoms. The minimum atomic E-state index is 0.645. The van der Waals surface area contributed by atoms with Gasteiger partial charge in [0.15, 0.2) is 17.3 Å². The standard InChI is InChI=1S/C14H18BrN3O3/c1-9-17-14(21-18-9)4-5-16-8-10-6-12(19-2)13(20-3)7-11(10)15/h6-7,16H,4-5,8H2,1-3H3. The van der Waals surface area contributed by atoms with Crippen LogP contribution in [-0.4, -0.2) is 30.9 Å². The zero-order valence-corrected chi connectivity index (χ0v) is 13.9. The SMILES string of the molecule is COc1cc(Br)c(CNCCc2nc(C)no2)cc1OC. The van der Waals surface area contributed by atoms with Crippen LogP contribution in [0, 0.1) is 6.92 Å². The second kappa shape index (κ2) is 7.42. The molecule has 0 bridgehead atoms. The highest BCUT2D eigenvalue weighted by Crippen LogP contribution is 2.33. The highest BCUT2D eigenvalue weighted by Gasteiger charge is 2.09. The summed E-state index contributed by atoms with van der Waals surface area (Å²) in [5, 5.41) is 7.09. The molecule has 0 unspecified atom stereocenters. The van der Waals surface area contributed by atoms with Crippen molar-refractivity contribution in [1.82, 2.24) is 15.5 Å². The van der Waals surface area contributed by atoms with Gasteiger partial charge in [0.1, 0.15) is 0 Å². The number of halogens is 1. The van der Waals surface area contributed by atoms with E-state index >= 15 is 0 Å². The summed E-state index contributed by atoms with van der Waals surface area (Å²) >= 11 is 3.54. The van der Waals surface area contributed by atoms with Gasteiger partial charge in [-0.05, 0) is 24.6 Å². The minimum Gasteiger partial charge on any atom is -0.493 e. The van der Waals surface area contributed by atoms with E-state index in [2.05, 4.69) is 31.4 Å². The van der Waals surface area contributed by atoms with E-state index in [0.29, 0.717) is 36.2 Å². The lowest BCUT2D eigenvalue weighted by Crippen LogP contribution is -2.17. The average molecular weight is 356 g/mol. The zero-order chi connectivity index (χ0) is 15.2. The maximum absolute atomic E-state index is 5.30. The Morgan fingerprint density at radius 3 is 2.57 bits per heavy atom. The molecule has 114 valence electrons. The van der Waals surface area contributed by atoms with E-state index < -0.39 is 0 Å². The van der Waals surface area contributed by atoms with E-state index in [4.69, 9.17) is 14.0 Å². The van der Waals surface area contributed by atoms with Crippen LogP contribution in [0.15, 0.2) is 21.1 Å². The molecular formula is C14H18BrN3O3. The Bertz CT molecular complexity index is 601. The number of aryl methyl sites for hydroxylation is 1. The van der Waals surface area contributed by atoms with Crippen LogP contribution in [0.4, 0.5) is 0 Å². The predicted octanol–water partition coefficient (Wildman–Crippen LogP) is 2.49. The fourth-order valence-corrected chi connectivity index (χ4v) is 2.35. The smallest absolute Gasteiger partial charge is 0.227 e. The van der Waals surface area contributed by atoms with Crippen molar-refractivity contribution in [2.24, 2.45) is 0 Å². The van der Waals surface area contributed by atoms with Gasteiger partial charge >= 0.3 is 0 Å². The molecule has 2 rings (SSSR count). The Labute approximate surface area is 132 Å². The molecule has 0 radical (unpaired) electrons. The lowest BCUT2D eigenvalue weighted by atomic mass is 10.2. The second-order valence-corrected chi connectivity index (χ2v) is 5.32. The van der Waals surface area contributed by atoms with Gasteiger partial charge in [-0.2, -0.15) is 4.98 Å². The normalized spacial score (nSPS) is 10.7. The number of ether oxygens (including phenoxy) is 2. The van der Waals surface area contributed by atoms with Gasteiger partial charge in [-0.25, -0.2) is 0 Å². The van der Waals surface area contributed by atoms with Crippen LogP contribution in [0.3, 0.4) is 0 Å². The summed E-state index contributed by atoms with van der Waals surface area (Å²) in [7, 11) is 3.25. The summed E-state index contributed by atoms with van der Waals surface area (Å²) in [4.78, 5) is 4.16. The molecule has 7 heteroatoms. The first-order valence-electron chi connectivity index (χ1n) is 6.54. The van der Waals surface area contributed by atoms with Gasteiger partial charge in [0, 0.05) is 24.0 Å². The van der Waals surface area contributed by atoms with Crippen LogP contribution >= 0.6 is 15.9 Å². The van der Waals surface area contributed by atoms with Crippen molar-refractivity contribution in [3.63, 3.8) is 0 Å². The van der Waals surface area contributed by atoms with Gasteiger partial charge in [-0.15, -0.1) is 0 Å². The van der Waals surface area contributed by atoms with Crippen molar-refractivity contribution in [3.05, 3.63) is 33.9 Å². The number of hydrogen-bond acceptors (Lipinski definition) is 6. The van der Waals surface area contributed by atoms with Crippen LogP contribution in [-0.2, 0) is 13.0 Å². The molecular weight excluding hydrogens is 338 g/mol. The van der Waals surface area contributed by atoms with Crippen LogP contribution in [0.25, 0.3) is 0 Å². The fraction of sp³-hybridized carbons (Fsp3) is 0.429. The zero-order valence-electron chi connectivity index (χ0n) is 12.3. The van der Waals surface area contributed by atoms with Gasteiger partial charge in [0.2, 0.25) is 5.89 Å². The third kappa shape index (κ3) is 4.18. The van der Waals surface area contributed by atoms with Crippen molar-refractivity contribution in [1.29, 1.82) is 0 Å². The van der Waals surface area contributed by atoms with Gasteiger partial charge in [-0.3, -0.25) is 0 Å². The van der Waals surface area contributed by atoms with E-state index in [1.165, 1.54) is 0 Å². The van der Waals surface area contributed by atoms with Crippen LogP contribution < -0.4 is 14.8 Å². The first-order chi connectivity index (χ1) is 10.1. The average Bonchev–Trinajstić information content (AvgIpc) is 2.90. The van der Waals surface area contributed by atoms with Gasteiger partial charge in [0.05, 0.1) is 14.2 Å². The molecule has 0 amide bonds. The van der Waals surface area contributed by atoms with Crippen molar-refractivity contribution in [3.8, 4) is 11.5 Å². The Kier molecular flexibility index (Phi) is 5.58. The molecule has 0 aliphatic rings. The number of nitrogens with one attached hydrogen (secondary N) is 1. The third-order valence-electron chi connectivity index (χ3n) is 2.95. The molecule has 0 saturated carbocycles. The molecule has 0 aliphatic carbocycles. The maximum atomic E-state index is 5.30. The second-order valence-electron chi connectivity index (χ2n) is 4.46. The van der Waals surface area contributed by atoms with Gasteiger partial charge in [-0.1, -0.05) is 21.1 Å². The highest BCUT2D eigenvalue weighted by molar-refractivity contribution is 9.10. The minimum absolute atomic E-state index is 0.645. The Hall–Kier alpha value is -1.60. The highest BCUT2D eigenvalue weighted by atomic mass is 79.9. The van der Waals surface area contributed by atoms with E-state index in [0.717, 1.165) is 16.6 Å². The maximum Gasteiger partial charge on any atom is 0.227 e. The molecule has 1 aromatic heterocycles. The molecule has 2 aromatic rings. The summed E-state index contributed by atoms with van der Waals surface area (Å²) < 4.78 is 16.6. The largest absolute Gasteiger partial charge is 0.493 e. The molecule has 1 N–H and O–H groups in total. The molecule has 21 heavy (non-hydrogen) atoms. The predicted molar refractivity (Wildman–Crippen MR) is 81.7 cm³/mol. The monoisotopic (exact) mass is 355 g/mol. The number of hydrogen-bond donors (Lipinski definition) is 1. The molecule has 0 saturated heterocycles. The number of aromatic nitrogens is 2. The summed E-state index contributed by atoms with van der Waals surface area (Å²) in [6.45, 7) is 3.26. The lowest BCUT2D eigenvalue weighted by molar-refractivity contribution is 0.354. The summed E-state index contributed by atoms with van der Waals surface area (Å²) in [6, 6.07) is 3.85. The van der Waals surface area contributed by atoms with Gasteiger partial charge < -0.3 is 19.3 Å². The first kappa shape index (κ1) is 15.8. The van der Waals surface area contributed by atoms with Crippen molar-refractivity contribution in [2.75, 3.05) is 20.8 Å². The van der Waals surface area contributed by atoms with Crippen molar-refractivity contribution < 1.29 is 14.0 Å². The number of benzene rings is 1. The molecule has 0 fully saturated rings. The fourth-order valence-electron chi connectivity index (χ4n) is 1.89. The first-order valence-corrected chi connectivity index (χ1v) is 7.33. The van der Waals surface area contributed by atoms with Crippen molar-refractivity contribution in [2.45, 2.75) is 19.9 Å². The van der Waals surface area contributed by atoms with E-state index in [-0.39, 0.29) is 0 Å². The Balaban J connectivity index is 1.90. The van der Waals surface area contributed by atoms with E-state index in [1.54, 1.807) is 21.1 Å². The number of nitrogens with zero attached hydrogens (tertiary/aromatic N) is 2. The molecule has 0 atom stereocenters. The van der Waals surface area contributed by atoms with Crippen LogP contribution in [0.2, 0.25) is 0 Å². The molecule has 0 aliphatic heterocycles. The van der Waals surface area contributed by atoms with E-state index in [1.807, 2.05) is 12.1 Å². The Morgan fingerprint density at radius 2 is 1.95 bits per heavy atom. The Morgan fingerprint density at radius 1 is 1.24 bits per heavy atom. The van der Waals surface area contributed by atoms with Crippen LogP contribution in [0.5, 0.6) is 11.5 Å². The molecule has 1 aromatic carbocycles. The summed E-state index contributed by atoms with van der Waals surface area (Å²) in [5.41, 5.74) is 1.09. The summed E-state index contributed by atoms with van der Waals surface area (Å²) in [5.74, 6) is 2.72. The van der Waals surface area contributed by atoms with Crippen LogP contribution in [0.1, 0.15) is 17.3 Å². The van der Waals surface area contributed by atoms with Gasteiger partial charge in [0.25, 0.3) is 0 Å². The molecule has 6 nitrogen and oxygen atoms in total. The molecule has 1 heterocycles. The number of methoxy groups -OCH3 is 2. The quantitative estimate of drug-likeness (QED) is 0.769.